The van der Waals surface area contributed by atoms with Crippen LogP contribution in [-0.2, 0) is 4.79 Å². The van der Waals surface area contributed by atoms with Crippen molar-refractivity contribution in [2.45, 2.75) is 38.1 Å². The van der Waals surface area contributed by atoms with Gasteiger partial charge < -0.3 is 10.4 Å². The fourth-order valence-corrected chi connectivity index (χ4v) is 3.39. The maximum Gasteiger partial charge on any atom is 0.337 e. The van der Waals surface area contributed by atoms with E-state index in [1.165, 1.54) is 29.0 Å². The van der Waals surface area contributed by atoms with E-state index in [4.69, 9.17) is 5.11 Å². The number of aromatic carboxylic acids is 1. The Balaban J connectivity index is 1.84. The molecule has 2 heterocycles. The molecule has 3 N–H and O–H groups in total. The van der Waals surface area contributed by atoms with E-state index in [1.807, 2.05) is 0 Å². The number of nitrogens with zero attached hydrogens (tertiary/aromatic N) is 2. The number of carbonyl (C=O) groups excluding carboxylic acids is 1. The van der Waals surface area contributed by atoms with Gasteiger partial charge in [0.15, 0.2) is 0 Å². The summed E-state index contributed by atoms with van der Waals surface area (Å²) >= 11 is 0. The van der Waals surface area contributed by atoms with Crippen molar-refractivity contribution < 1.29 is 14.7 Å². The molecule has 1 aliphatic carbocycles. The van der Waals surface area contributed by atoms with Crippen LogP contribution in [0.25, 0.3) is 0 Å². The van der Waals surface area contributed by atoms with Gasteiger partial charge in [0.2, 0.25) is 5.91 Å². The van der Waals surface area contributed by atoms with E-state index in [0.717, 1.165) is 31.9 Å². The summed E-state index contributed by atoms with van der Waals surface area (Å²) in [6, 6.07) is 3.14. The molecule has 2 aromatic heterocycles. The summed E-state index contributed by atoms with van der Waals surface area (Å²) < 4.78 is 1.22. The molecule has 2 aromatic rings. The molecular weight excluding hydrogens is 352 g/mol. The van der Waals surface area contributed by atoms with Gasteiger partial charge in [-0.2, -0.15) is 0 Å². The molecule has 0 aromatic carbocycles. The molecule has 1 unspecified atom stereocenters. The molecular formula is C18H20N4O5. The average molecular weight is 372 g/mol. The largest absolute Gasteiger partial charge is 0.478 e. The number of aromatic nitrogens is 3. The molecule has 9 heteroatoms. The first kappa shape index (κ1) is 18.6. The average Bonchev–Trinajstić information content (AvgIpc) is 3.14. The highest BCUT2D eigenvalue weighted by Gasteiger charge is 2.27. The zero-order valence-corrected chi connectivity index (χ0v) is 14.6. The van der Waals surface area contributed by atoms with Crippen LogP contribution >= 0.6 is 0 Å². The van der Waals surface area contributed by atoms with Crippen LogP contribution in [0.1, 0.15) is 48.5 Å². The Morgan fingerprint density at radius 1 is 1.26 bits per heavy atom. The summed E-state index contributed by atoms with van der Waals surface area (Å²) in [5.74, 6) is -1.04. The number of hydrogen-bond donors (Lipinski definition) is 3. The molecule has 0 bridgehead atoms. The van der Waals surface area contributed by atoms with Gasteiger partial charge in [0.05, 0.1) is 5.56 Å². The molecule has 1 amide bonds. The lowest BCUT2D eigenvalue weighted by Gasteiger charge is -2.21. The van der Waals surface area contributed by atoms with E-state index in [-0.39, 0.29) is 11.4 Å². The normalized spacial score (nSPS) is 15.4. The summed E-state index contributed by atoms with van der Waals surface area (Å²) in [5, 5.41) is 11.5. The summed E-state index contributed by atoms with van der Waals surface area (Å²) in [6.07, 6.45) is 7.12. The van der Waals surface area contributed by atoms with E-state index >= 15 is 0 Å². The van der Waals surface area contributed by atoms with Crippen LogP contribution in [0.5, 0.6) is 0 Å². The smallest absolute Gasteiger partial charge is 0.337 e. The van der Waals surface area contributed by atoms with Crippen LogP contribution in [0, 0.1) is 5.92 Å². The van der Waals surface area contributed by atoms with Crippen LogP contribution in [0.2, 0.25) is 0 Å². The van der Waals surface area contributed by atoms with Gasteiger partial charge in [-0.05, 0) is 24.5 Å². The highest BCUT2D eigenvalue weighted by molar-refractivity contribution is 5.93. The Kier molecular flexibility index (Phi) is 5.49. The molecule has 3 rings (SSSR count). The standard InChI is InChI=1S/C18H20N4O5/c23-15-7-8-22(18(27)21-15)13(9-11-3-1-2-4-11)16(24)20-14-6-5-12(10-19-14)17(25)26/h5-8,10-11,13H,1-4,9H2,(H,25,26)(H,19,20,24)(H,21,23,27). The number of rotatable bonds is 6. The zero-order chi connectivity index (χ0) is 19.4. The minimum atomic E-state index is -1.11. The molecule has 0 aliphatic heterocycles. The minimum absolute atomic E-state index is 0.00681. The Morgan fingerprint density at radius 3 is 2.59 bits per heavy atom. The van der Waals surface area contributed by atoms with Gasteiger partial charge in [-0.1, -0.05) is 25.7 Å². The van der Waals surface area contributed by atoms with Crippen molar-refractivity contribution in [3.05, 3.63) is 57.0 Å². The summed E-state index contributed by atoms with van der Waals surface area (Å²) in [6.45, 7) is 0. The van der Waals surface area contributed by atoms with Crippen molar-refractivity contribution in [3.8, 4) is 0 Å². The number of carboxylic acids is 1. The van der Waals surface area contributed by atoms with Crippen molar-refractivity contribution >= 4 is 17.7 Å². The van der Waals surface area contributed by atoms with Crippen LogP contribution in [0.4, 0.5) is 5.82 Å². The van der Waals surface area contributed by atoms with Gasteiger partial charge in [-0.25, -0.2) is 14.6 Å². The lowest BCUT2D eigenvalue weighted by Crippen LogP contribution is -2.37. The Labute approximate surface area is 154 Å². The van der Waals surface area contributed by atoms with Crippen LogP contribution in [0.3, 0.4) is 0 Å². The number of carbonyl (C=O) groups is 2. The lowest BCUT2D eigenvalue weighted by atomic mass is 9.97. The molecule has 1 fully saturated rings. The molecule has 1 atom stereocenters. The number of aromatic amines is 1. The first-order chi connectivity index (χ1) is 12.9. The Morgan fingerprint density at radius 2 is 2.00 bits per heavy atom. The highest BCUT2D eigenvalue weighted by Crippen LogP contribution is 2.32. The Bertz CT molecular complexity index is 941. The van der Waals surface area contributed by atoms with Gasteiger partial charge in [0.1, 0.15) is 11.9 Å². The van der Waals surface area contributed by atoms with Gasteiger partial charge in [0.25, 0.3) is 5.56 Å². The van der Waals surface area contributed by atoms with Gasteiger partial charge >= 0.3 is 11.7 Å². The van der Waals surface area contributed by atoms with Crippen molar-refractivity contribution in [1.29, 1.82) is 0 Å². The predicted molar refractivity (Wildman–Crippen MR) is 96.8 cm³/mol. The quantitative estimate of drug-likeness (QED) is 0.701. The molecule has 9 nitrogen and oxygen atoms in total. The number of anilines is 1. The number of nitrogens with one attached hydrogen (secondary N) is 2. The van der Waals surface area contributed by atoms with E-state index in [9.17, 15) is 19.2 Å². The van der Waals surface area contributed by atoms with Crippen molar-refractivity contribution in [2.24, 2.45) is 5.92 Å². The molecule has 0 radical (unpaired) electrons. The summed E-state index contributed by atoms with van der Waals surface area (Å²) in [4.78, 5) is 53.3. The monoisotopic (exact) mass is 372 g/mol. The van der Waals surface area contributed by atoms with Crippen molar-refractivity contribution in [3.63, 3.8) is 0 Å². The zero-order valence-electron chi connectivity index (χ0n) is 14.6. The minimum Gasteiger partial charge on any atom is -0.478 e. The number of amides is 1. The van der Waals surface area contributed by atoms with Gasteiger partial charge in [0, 0.05) is 18.5 Å². The summed E-state index contributed by atoms with van der Waals surface area (Å²) in [5.41, 5.74) is -1.16. The van der Waals surface area contributed by atoms with Crippen molar-refractivity contribution in [1.82, 2.24) is 14.5 Å². The number of carboxylic acid groups (broad SMARTS) is 1. The van der Waals surface area contributed by atoms with Crippen molar-refractivity contribution in [2.75, 3.05) is 5.32 Å². The van der Waals surface area contributed by atoms with Crippen LogP contribution < -0.4 is 16.6 Å². The highest BCUT2D eigenvalue weighted by atomic mass is 16.4. The number of pyridine rings is 1. The molecule has 0 spiro atoms. The SMILES string of the molecule is O=C(O)c1ccc(NC(=O)C(CC2CCCC2)n2ccc(=O)[nH]c2=O)nc1. The van der Waals surface area contributed by atoms with E-state index in [0.29, 0.717) is 12.3 Å². The first-order valence-corrected chi connectivity index (χ1v) is 8.75. The maximum atomic E-state index is 12.8. The third-order valence-corrected chi connectivity index (χ3v) is 4.78. The van der Waals surface area contributed by atoms with Crippen LogP contribution in [-0.4, -0.2) is 31.5 Å². The third-order valence-electron chi connectivity index (χ3n) is 4.78. The molecule has 1 saturated carbocycles. The van der Waals surface area contributed by atoms with Gasteiger partial charge in [-0.3, -0.25) is 19.1 Å². The first-order valence-electron chi connectivity index (χ1n) is 8.75. The molecule has 27 heavy (non-hydrogen) atoms. The molecule has 1 aliphatic rings. The summed E-state index contributed by atoms with van der Waals surface area (Å²) in [7, 11) is 0. The van der Waals surface area contributed by atoms with E-state index < -0.39 is 29.2 Å². The number of hydrogen-bond acceptors (Lipinski definition) is 5. The maximum absolute atomic E-state index is 12.8. The number of H-pyrrole nitrogens is 1. The fraction of sp³-hybridized carbons (Fsp3) is 0.389. The topological polar surface area (TPSA) is 134 Å². The second-order valence-corrected chi connectivity index (χ2v) is 6.65. The van der Waals surface area contributed by atoms with Crippen LogP contribution in [0.15, 0.2) is 40.2 Å². The molecule has 0 saturated heterocycles. The molecule has 142 valence electrons. The van der Waals surface area contributed by atoms with E-state index in [2.05, 4.69) is 15.3 Å². The predicted octanol–water partition coefficient (Wildman–Crippen LogP) is 1.39. The van der Waals surface area contributed by atoms with Gasteiger partial charge in [-0.15, -0.1) is 0 Å². The van der Waals surface area contributed by atoms with E-state index in [1.54, 1.807) is 0 Å². The second-order valence-electron chi connectivity index (χ2n) is 6.65. The third kappa shape index (κ3) is 4.49. The fourth-order valence-electron chi connectivity index (χ4n) is 3.39. The lowest BCUT2D eigenvalue weighted by molar-refractivity contribution is -0.119. The Hall–Kier alpha value is -3.23. The second kappa shape index (κ2) is 7.98.